The molecule has 2 rings (SSSR count). The van der Waals surface area contributed by atoms with Crippen molar-refractivity contribution in [3.8, 4) is 0 Å². The molecule has 0 bridgehead atoms. The number of aryl methyl sites for hydroxylation is 1. The topological polar surface area (TPSA) is 83.5 Å². The zero-order valence-electron chi connectivity index (χ0n) is 9.95. The number of hydrogen-bond donors (Lipinski definition) is 2. The number of thiophene rings is 1. The first-order chi connectivity index (χ1) is 8.88. The minimum absolute atomic E-state index is 0.00992. The van der Waals surface area contributed by atoms with Crippen LogP contribution >= 0.6 is 11.3 Å². The van der Waals surface area contributed by atoms with Crippen LogP contribution in [-0.4, -0.2) is 19.5 Å². The SMILES string of the molecule is Cc1ccc(NS(=O)(=O)c2ccc(C(=O)O)s2)cc1. The molecule has 19 heavy (non-hydrogen) atoms. The average molecular weight is 297 g/mol. The van der Waals surface area contributed by atoms with E-state index in [2.05, 4.69) is 4.72 Å². The molecule has 2 N–H and O–H groups in total. The lowest BCUT2D eigenvalue weighted by Crippen LogP contribution is -2.11. The van der Waals surface area contributed by atoms with E-state index in [4.69, 9.17) is 5.11 Å². The smallest absolute Gasteiger partial charge is 0.345 e. The zero-order chi connectivity index (χ0) is 14.0. The van der Waals surface area contributed by atoms with Gasteiger partial charge >= 0.3 is 5.97 Å². The molecule has 0 saturated carbocycles. The van der Waals surface area contributed by atoms with Crippen LogP contribution < -0.4 is 4.72 Å². The predicted octanol–water partition coefficient (Wildman–Crippen LogP) is 2.56. The van der Waals surface area contributed by atoms with Gasteiger partial charge in [-0.2, -0.15) is 0 Å². The second kappa shape index (κ2) is 5.02. The first kappa shape index (κ1) is 13.6. The van der Waals surface area contributed by atoms with Crippen LogP contribution in [0.25, 0.3) is 0 Å². The van der Waals surface area contributed by atoms with Gasteiger partial charge in [-0.1, -0.05) is 17.7 Å². The van der Waals surface area contributed by atoms with Gasteiger partial charge in [-0.15, -0.1) is 11.3 Å². The van der Waals surface area contributed by atoms with Crippen LogP contribution in [0.5, 0.6) is 0 Å². The molecule has 1 heterocycles. The molecular weight excluding hydrogens is 286 g/mol. The Hall–Kier alpha value is -1.86. The van der Waals surface area contributed by atoms with E-state index < -0.39 is 16.0 Å². The Morgan fingerprint density at radius 2 is 1.79 bits per heavy atom. The third kappa shape index (κ3) is 3.12. The van der Waals surface area contributed by atoms with Crippen molar-refractivity contribution in [1.82, 2.24) is 0 Å². The van der Waals surface area contributed by atoms with Crippen LogP contribution in [-0.2, 0) is 10.0 Å². The Balaban J connectivity index is 2.26. The lowest BCUT2D eigenvalue weighted by molar-refractivity contribution is 0.0702. The molecule has 0 saturated heterocycles. The summed E-state index contributed by atoms with van der Waals surface area (Å²) in [6.07, 6.45) is 0. The van der Waals surface area contributed by atoms with Gasteiger partial charge in [0.05, 0.1) is 0 Å². The van der Waals surface area contributed by atoms with Crippen molar-refractivity contribution in [2.24, 2.45) is 0 Å². The van der Waals surface area contributed by atoms with Crippen molar-refractivity contribution in [3.63, 3.8) is 0 Å². The Labute approximate surface area is 114 Å². The molecule has 0 aliphatic rings. The molecule has 100 valence electrons. The van der Waals surface area contributed by atoms with E-state index in [-0.39, 0.29) is 9.09 Å². The Kier molecular flexibility index (Phi) is 3.59. The van der Waals surface area contributed by atoms with E-state index in [1.54, 1.807) is 24.3 Å². The van der Waals surface area contributed by atoms with Gasteiger partial charge in [0.1, 0.15) is 9.09 Å². The third-order valence-corrected chi connectivity index (χ3v) is 5.31. The summed E-state index contributed by atoms with van der Waals surface area (Å²) in [6.45, 7) is 1.90. The van der Waals surface area contributed by atoms with Gasteiger partial charge in [0.2, 0.25) is 0 Å². The highest BCUT2D eigenvalue weighted by atomic mass is 32.2. The number of rotatable bonds is 4. The molecular formula is C12H11NO4S2. The summed E-state index contributed by atoms with van der Waals surface area (Å²) in [6, 6.07) is 9.43. The van der Waals surface area contributed by atoms with Gasteiger partial charge in [0.15, 0.2) is 0 Å². The molecule has 7 heteroatoms. The number of anilines is 1. The van der Waals surface area contributed by atoms with Crippen LogP contribution in [0.4, 0.5) is 5.69 Å². The number of carbonyl (C=O) groups is 1. The highest BCUT2D eigenvalue weighted by molar-refractivity contribution is 7.94. The molecule has 0 spiro atoms. The monoisotopic (exact) mass is 297 g/mol. The van der Waals surface area contributed by atoms with Crippen molar-refractivity contribution in [2.75, 3.05) is 4.72 Å². The largest absolute Gasteiger partial charge is 0.477 e. The summed E-state index contributed by atoms with van der Waals surface area (Å²) in [5, 5.41) is 8.78. The summed E-state index contributed by atoms with van der Waals surface area (Å²) in [4.78, 5) is 10.7. The molecule has 0 fully saturated rings. The van der Waals surface area contributed by atoms with E-state index in [0.29, 0.717) is 5.69 Å². The van der Waals surface area contributed by atoms with E-state index >= 15 is 0 Å². The summed E-state index contributed by atoms with van der Waals surface area (Å²) >= 11 is 0.720. The minimum atomic E-state index is -3.73. The number of aromatic carboxylic acids is 1. The van der Waals surface area contributed by atoms with Gasteiger partial charge < -0.3 is 5.11 Å². The predicted molar refractivity (Wildman–Crippen MR) is 73.3 cm³/mol. The van der Waals surface area contributed by atoms with Crippen molar-refractivity contribution in [1.29, 1.82) is 0 Å². The Morgan fingerprint density at radius 3 is 2.32 bits per heavy atom. The lowest BCUT2D eigenvalue weighted by Gasteiger charge is -2.06. The van der Waals surface area contributed by atoms with E-state index in [1.807, 2.05) is 6.92 Å². The van der Waals surface area contributed by atoms with Gasteiger partial charge in [-0.25, -0.2) is 13.2 Å². The molecule has 0 unspecified atom stereocenters. The van der Waals surface area contributed by atoms with Crippen LogP contribution in [0.2, 0.25) is 0 Å². The van der Waals surface area contributed by atoms with Crippen molar-refractivity contribution >= 4 is 33.0 Å². The van der Waals surface area contributed by atoms with Gasteiger partial charge in [0.25, 0.3) is 10.0 Å². The van der Waals surface area contributed by atoms with Gasteiger partial charge in [-0.3, -0.25) is 4.72 Å². The normalized spacial score (nSPS) is 11.2. The first-order valence-corrected chi connectivity index (χ1v) is 7.61. The Bertz CT molecular complexity index is 702. The Morgan fingerprint density at radius 1 is 1.16 bits per heavy atom. The van der Waals surface area contributed by atoms with Crippen molar-refractivity contribution < 1.29 is 18.3 Å². The van der Waals surface area contributed by atoms with E-state index in [9.17, 15) is 13.2 Å². The molecule has 0 amide bonds. The number of sulfonamides is 1. The average Bonchev–Trinajstić information content (AvgIpc) is 2.82. The number of carboxylic acid groups (broad SMARTS) is 1. The third-order valence-electron chi connectivity index (χ3n) is 2.36. The van der Waals surface area contributed by atoms with Crippen molar-refractivity contribution in [3.05, 3.63) is 46.8 Å². The maximum Gasteiger partial charge on any atom is 0.345 e. The van der Waals surface area contributed by atoms with Crippen molar-refractivity contribution in [2.45, 2.75) is 11.1 Å². The summed E-state index contributed by atoms with van der Waals surface area (Å²) in [5.41, 5.74) is 1.46. The summed E-state index contributed by atoms with van der Waals surface area (Å²) in [5.74, 6) is -1.14. The second-order valence-electron chi connectivity index (χ2n) is 3.90. The highest BCUT2D eigenvalue weighted by Gasteiger charge is 2.18. The van der Waals surface area contributed by atoms with Crippen LogP contribution in [0.1, 0.15) is 15.2 Å². The molecule has 0 radical (unpaired) electrons. The standard InChI is InChI=1S/C12H11NO4S2/c1-8-2-4-9(5-3-8)13-19(16,17)11-7-6-10(18-11)12(14)15/h2-7,13H,1H3,(H,14,15). The fourth-order valence-electron chi connectivity index (χ4n) is 1.41. The quantitative estimate of drug-likeness (QED) is 0.908. The molecule has 0 atom stereocenters. The summed E-state index contributed by atoms with van der Waals surface area (Å²) in [7, 11) is -3.73. The zero-order valence-corrected chi connectivity index (χ0v) is 11.6. The molecule has 5 nitrogen and oxygen atoms in total. The number of carboxylic acids is 1. The number of hydrogen-bond acceptors (Lipinski definition) is 4. The molecule has 2 aromatic rings. The molecule has 1 aromatic carbocycles. The number of nitrogens with one attached hydrogen (secondary N) is 1. The highest BCUT2D eigenvalue weighted by Crippen LogP contribution is 2.24. The molecule has 1 aromatic heterocycles. The maximum atomic E-state index is 12.0. The lowest BCUT2D eigenvalue weighted by atomic mass is 10.2. The number of benzene rings is 1. The fraction of sp³-hybridized carbons (Fsp3) is 0.0833. The van der Waals surface area contributed by atoms with Gasteiger partial charge in [-0.05, 0) is 31.2 Å². The van der Waals surface area contributed by atoms with Gasteiger partial charge in [0, 0.05) is 5.69 Å². The first-order valence-electron chi connectivity index (χ1n) is 5.31. The van der Waals surface area contributed by atoms with E-state index in [1.165, 1.54) is 12.1 Å². The molecule has 0 aliphatic heterocycles. The van der Waals surface area contributed by atoms with Crippen LogP contribution in [0.3, 0.4) is 0 Å². The van der Waals surface area contributed by atoms with Crippen LogP contribution in [0, 0.1) is 6.92 Å². The maximum absolute atomic E-state index is 12.0. The second-order valence-corrected chi connectivity index (χ2v) is 6.89. The van der Waals surface area contributed by atoms with E-state index in [0.717, 1.165) is 16.9 Å². The van der Waals surface area contributed by atoms with Crippen LogP contribution in [0.15, 0.2) is 40.6 Å². The fourth-order valence-corrected chi connectivity index (χ4v) is 3.61. The minimum Gasteiger partial charge on any atom is -0.477 e. The molecule has 0 aliphatic carbocycles. The summed E-state index contributed by atoms with van der Waals surface area (Å²) < 4.78 is 26.4.